The molecule has 0 aromatic heterocycles. The third kappa shape index (κ3) is 4.26. The van der Waals surface area contributed by atoms with Gasteiger partial charge >= 0.3 is 0 Å². The minimum absolute atomic E-state index is 0.0654. The number of hydrogen-bond acceptors (Lipinski definition) is 6. The molecule has 10 heteroatoms. The third-order valence-electron chi connectivity index (χ3n) is 8.42. The molecule has 4 heterocycles. The van der Waals surface area contributed by atoms with Crippen LogP contribution in [0.4, 0.5) is 11.4 Å². The van der Waals surface area contributed by atoms with Crippen molar-refractivity contribution in [3.8, 4) is 5.75 Å². The molecule has 2 aromatic carbocycles. The first-order valence-corrected chi connectivity index (χ1v) is 14.2. The van der Waals surface area contributed by atoms with Crippen LogP contribution in [0.15, 0.2) is 66.8 Å². The Balaban J connectivity index is 1.41. The predicted molar refractivity (Wildman–Crippen MR) is 154 cm³/mol. The Bertz CT molecular complexity index is 1420. The Morgan fingerprint density at radius 2 is 1.78 bits per heavy atom. The maximum atomic E-state index is 14.4. The average molecular weight is 578 g/mol. The van der Waals surface area contributed by atoms with Crippen molar-refractivity contribution < 1.29 is 29.0 Å². The largest absolute Gasteiger partial charge is 0.494 e. The van der Waals surface area contributed by atoms with Crippen LogP contribution in [0.25, 0.3) is 0 Å². The summed E-state index contributed by atoms with van der Waals surface area (Å²) in [5.74, 6) is -2.12. The lowest BCUT2D eigenvalue weighted by atomic mass is 9.77. The number of β-amino-alcohol motifs (C(OH)–C–C–N with tert-alkyl or cyclic N) is 1. The number of likely N-dealkylation sites (tertiary alicyclic amines) is 1. The summed E-state index contributed by atoms with van der Waals surface area (Å²) < 4.78 is 12.2. The van der Waals surface area contributed by atoms with Gasteiger partial charge in [0.2, 0.25) is 11.8 Å². The van der Waals surface area contributed by atoms with Gasteiger partial charge in [0, 0.05) is 25.3 Å². The molecule has 4 aliphatic rings. The fourth-order valence-corrected chi connectivity index (χ4v) is 7.09. The first-order chi connectivity index (χ1) is 19.8. The second kappa shape index (κ2) is 10.6. The number of carbonyl (C=O) groups excluding carboxylic acids is 3. The summed E-state index contributed by atoms with van der Waals surface area (Å²) in [4.78, 5) is 47.3. The fraction of sp³-hybridized carbons (Fsp3) is 0.387. The van der Waals surface area contributed by atoms with Gasteiger partial charge in [0.1, 0.15) is 17.4 Å². The van der Waals surface area contributed by atoms with E-state index in [1.54, 1.807) is 21.9 Å². The molecule has 6 rings (SSSR count). The molecule has 5 atom stereocenters. The SMILES string of the molecule is CCOc1ccc(N2CC=C[C@H]3O[C@]45C=CCN(c6c(C)cccc6Cl)C(=O)C4N(CCO)C(=O)[C@@H]5[C@H]3C2=O)cc1. The Morgan fingerprint density at radius 3 is 2.49 bits per heavy atom. The second-order valence-electron chi connectivity index (χ2n) is 10.7. The van der Waals surface area contributed by atoms with Gasteiger partial charge in [0.05, 0.1) is 41.9 Å². The van der Waals surface area contributed by atoms with Crippen molar-refractivity contribution in [3.05, 3.63) is 77.4 Å². The number of benzene rings is 2. The number of fused-ring (bicyclic) bond motifs is 2. The molecule has 1 unspecified atom stereocenters. The normalized spacial score (nSPS) is 28.9. The van der Waals surface area contributed by atoms with E-state index in [9.17, 15) is 19.5 Å². The smallest absolute Gasteiger partial charge is 0.253 e. The molecule has 2 fully saturated rings. The van der Waals surface area contributed by atoms with Crippen molar-refractivity contribution in [3.63, 3.8) is 0 Å². The number of ether oxygens (including phenoxy) is 2. The summed E-state index contributed by atoms with van der Waals surface area (Å²) in [7, 11) is 0. The number of aliphatic hydroxyl groups is 1. The van der Waals surface area contributed by atoms with Crippen molar-refractivity contribution in [1.82, 2.24) is 4.90 Å². The highest BCUT2D eigenvalue weighted by Gasteiger charge is 2.71. The molecule has 4 aliphatic heterocycles. The van der Waals surface area contributed by atoms with Gasteiger partial charge < -0.3 is 29.3 Å². The number of para-hydroxylation sites is 1. The van der Waals surface area contributed by atoms with E-state index in [2.05, 4.69) is 0 Å². The number of aliphatic hydroxyl groups excluding tert-OH is 1. The molecule has 3 amide bonds. The van der Waals surface area contributed by atoms with Gasteiger partial charge in [-0.25, -0.2) is 0 Å². The molecule has 214 valence electrons. The van der Waals surface area contributed by atoms with Crippen LogP contribution in [-0.4, -0.2) is 78.3 Å². The molecule has 1 spiro atoms. The number of carbonyl (C=O) groups is 3. The maximum absolute atomic E-state index is 14.4. The van der Waals surface area contributed by atoms with E-state index in [1.165, 1.54) is 4.90 Å². The van der Waals surface area contributed by atoms with E-state index in [-0.39, 0.29) is 37.4 Å². The number of amides is 3. The number of halogens is 1. The van der Waals surface area contributed by atoms with Crippen LogP contribution < -0.4 is 14.5 Å². The molecule has 9 nitrogen and oxygen atoms in total. The summed E-state index contributed by atoms with van der Waals surface area (Å²) in [6, 6.07) is 11.6. The van der Waals surface area contributed by atoms with Crippen LogP contribution >= 0.6 is 11.6 Å². The van der Waals surface area contributed by atoms with Crippen LogP contribution in [-0.2, 0) is 19.1 Å². The highest BCUT2D eigenvalue weighted by Crippen LogP contribution is 2.54. The van der Waals surface area contributed by atoms with Crippen LogP contribution in [0, 0.1) is 18.8 Å². The fourth-order valence-electron chi connectivity index (χ4n) is 6.77. The topological polar surface area (TPSA) is 99.6 Å². The van der Waals surface area contributed by atoms with Crippen molar-refractivity contribution in [2.24, 2.45) is 11.8 Å². The lowest BCUT2D eigenvalue weighted by molar-refractivity contribution is -0.141. The lowest BCUT2D eigenvalue weighted by Gasteiger charge is -2.35. The number of aryl methyl sites for hydroxylation is 1. The number of hydrogen-bond donors (Lipinski definition) is 1. The quantitative estimate of drug-likeness (QED) is 0.530. The van der Waals surface area contributed by atoms with Crippen LogP contribution in [0.3, 0.4) is 0 Å². The number of anilines is 2. The first kappa shape index (κ1) is 27.5. The zero-order chi connectivity index (χ0) is 28.9. The molecule has 2 saturated heterocycles. The van der Waals surface area contributed by atoms with Crippen molar-refractivity contribution in [2.75, 3.05) is 42.6 Å². The Labute approximate surface area is 243 Å². The summed E-state index contributed by atoms with van der Waals surface area (Å²) in [6.07, 6.45) is 6.58. The molecule has 0 aliphatic carbocycles. The van der Waals surface area contributed by atoms with Gasteiger partial charge in [-0.3, -0.25) is 14.4 Å². The van der Waals surface area contributed by atoms with Crippen molar-refractivity contribution in [2.45, 2.75) is 31.6 Å². The van der Waals surface area contributed by atoms with E-state index < -0.39 is 29.6 Å². The van der Waals surface area contributed by atoms with Crippen molar-refractivity contribution >= 4 is 40.7 Å². The van der Waals surface area contributed by atoms with Gasteiger partial charge in [-0.05, 0) is 49.7 Å². The van der Waals surface area contributed by atoms with E-state index in [4.69, 9.17) is 21.1 Å². The van der Waals surface area contributed by atoms with E-state index >= 15 is 0 Å². The van der Waals surface area contributed by atoms with E-state index in [1.807, 2.05) is 68.5 Å². The summed E-state index contributed by atoms with van der Waals surface area (Å²) in [6.45, 7) is 4.43. The zero-order valence-electron chi connectivity index (χ0n) is 22.9. The molecular formula is C31H32ClN3O6. The van der Waals surface area contributed by atoms with Gasteiger partial charge in [0.15, 0.2) is 0 Å². The van der Waals surface area contributed by atoms with Gasteiger partial charge in [-0.1, -0.05) is 48.0 Å². The lowest BCUT2D eigenvalue weighted by Crippen LogP contribution is -2.56. The zero-order valence-corrected chi connectivity index (χ0v) is 23.7. The maximum Gasteiger partial charge on any atom is 0.253 e. The highest BCUT2D eigenvalue weighted by molar-refractivity contribution is 6.34. The van der Waals surface area contributed by atoms with Crippen LogP contribution in [0.5, 0.6) is 5.75 Å². The molecule has 41 heavy (non-hydrogen) atoms. The van der Waals surface area contributed by atoms with E-state index in [0.717, 1.165) is 5.56 Å². The standard InChI is InChI=1S/C31H32ClN3O6/c1-3-40-21-12-10-20(11-13-21)33-15-5-9-23-24(28(33)37)25-29(38)35(17-18-36)27-30(39)34(16-6-14-31(25,27)41-23)26-19(2)7-4-8-22(26)32/h4-14,23-25,27,36H,3,15-18H2,1-2H3/t23-,24+,25+,27?,31+/m1/s1. The minimum Gasteiger partial charge on any atom is -0.494 e. The molecular weight excluding hydrogens is 546 g/mol. The van der Waals surface area contributed by atoms with Crippen LogP contribution in [0.2, 0.25) is 5.02 Å². The molecule has 0 bridgehead atoms. The van der Waals surface area contributed by atoms with Crippen molar-refractivity contribution in [1.29, 1.82) is 0 Å². The third-order valence-corrected chi connectivity index (χ3v) is 8.72. The van der Waals surface area contributed by atoms with Gasteiger partial charge in [-0.2, -0.15) is 0 Å². The highest BCUT2D eigenvalue weighted by atomic mass is 35.5. The summed E-state index contributed by atoms with van der Waals surface area (Å²) >= 11 is 6.56. The van der Waals surface area contributed by atoms with Crippen LogP contribution in [0.1, 0.15) is 12.5 Å². The molecule has 0 radical (unpaired) electrons. The number of nitrogens with zero attached hydrogens (tertiary/aromatic N) is 3. The molecule has 1 N–H and O–H groups in total. The average Bonchev–Trinajstić information content (AvgIpc) is 3.26. The Hall–Kier alpha value is -3.66. The monoisotopic (exact) mass is 577 g/mol. The predicted octanol–water partition coefficient (Wildman–Crippen LogP) is 3.13. The first-order valence-electron chi connectivity index (χ1n) is 13.9. The molecule has 0 saturated carbocycles. The Kier molecular flexibility index (Phi) is 7.13. The summed E-state index contributed by atoms with van der Waals surface area (Å²) in [5, 5.41) is 10.3. The number of rotatable bonds is 6. The van der Waals surface area contributed by atoms with Gasteiger partial charge in [-0.15, -0.1) is 0 Å². The minimum atomic E-state index is -1.38. The Morgan fingerprint density at radius 1 is 1.02 bits per heavy atom. The van der Waals surface area contributed by atoms with Gasteiger partial charge in [0.25, 0.3) is 5.91 Å². The second-order valence-corrected chi connectivity index (χ2v) is 11.1. The van der Waals surface area contributed by atoms with E-state index in [0.29, 0.717) is 35.3 Å². The molecule has 2 aromatic rings. The summed E-state index contributed by atoms with van der Waals surface area (Å²) in [5.41, 5.74) is 0.661.